The Labute approximate surface area is 152 Å². The summed E-state index contributed by atoms with van der Waals surface area (Å²) in [6, 6.07) is 14.7. The minimum absolute atomic E-state index is 0.0680. The van der Waals surface area contributed by atoms with Crippen LogP contribution in [-0.4, -0.2) is 33.4 Å². The average Bonchev–Trinajstić information content (AvgIpc) is 2.60. The molecule has 3 rings (SSSR count). The quantitative estimate of drug-likeness (QED) is 0.891. The Morgan fingerprint density at radius 3 is 2.60 bits per heavy atom. The van der Waals surface area contributed by atoms with Gasteiger partial charge in [0, 0.05) is 17.7 Å². The van der Waals surface area contributed by atoms with E-state index in [-0.39, 0.29) is 11.9 Å². The molecule has 1 atom stereocenters. The number of benzene rings is 2. The van der Waals surface area contributed by atoms with Gasteiger partial charge in [-0.25, -0.2) is 8.42 Å². The van der Waals surface area contributed by atoms with Crippen LogP contribution >= 0.6 is 11.8 Å². The first-order valence-corrected chi connectivity index (χ1v) is 10.8. The lowest BCUT2D eigenvalue weighted by molar-refractivity contribution is 0.0935. The highest BCUT2D eigenvalue weighted by atomic mass is 32.2. The minimum Gasteiger partial charge on any atom is -0.345 e. The predicted octanol–water partition coefficient (Wildman–Crippen LogP) is 3.05. The van der Waals surface area contributed by atoms with E-state index >= 15 is 0 Å². The zero-order valence-corrected chi connectivity index (χ0v) is 15.7. The molecular weight excluding hydrogens is 356 g/mol. The molecule has 2 aromatic rings. The monoisotopic (exact) mass is 376 g/mol. The van der Waals surface area contributed by atoms with Gasteiger partial charge in [-0.05, 0) is 30.2 Å². The molecule has 1 amide bonds. The third-order valence-electron chi connectivity index (χ3n) is 4.25. The van der Waals surface area contributed by atoms with E-state index in [0.717, 1.165) is 28.3 Å². The molecule has 0 saturated heterocycles. The summed E-state index contributed by atoms with van der Waals surface area (Å²) in [5.41, 5.74) is 1.84. The molecule has 0 aliphatic carbocycles. The van der Waals surface area contributed by atoms with E-state index in [0.29, 0.717) is 11.3 Å². The molecule has 1 aliphatic heterocycles. The largest absolute Gasteiger partial charge is 0.345 e. The van der Waals surface area contributed by atoms with Gasteiger partial charge in [0.25, 0.3) is 5.91 Å². The van der Waals surface area contributed by atoms with Gasteiger partial charge in [-0.3, -0.25) is 9.10 Å². The van der Waals surface area contributed by atoms with E-state index in [1.165, 1.54) is 11.9 Å². The Morgan fingerprint density at radius 2 is 1.84 bits per heavy atom. The summed E-state index contributed by atoms with van der Waals surface area (Å²) in [6.45, 7) is 0. The summed E-state index contributed by atoms with van der Waals surface area (Å²) in [5, 5.41) is 3.06. The van der Waals surface area contributed by atoms with Gasteiger partial charge in [0.2, 0.25) is 10.0 Å². The molecule has 7 heteroatoms. The lowest BCUT2D eigenvalue weighted by atomic mass is 10.0. The van der Waals surface area contributed by atoms with Crippen LogP contribution in [0.4, 0.5) is 5.69 Å². The summed E-state index contributed by atoms with van der Waals surface area (Å²) in [4.78, 5) is 14.0. The number of nitrogens with zero attached hydrogens (tertiary/aromatic N) is 1. The van der Waals surface area contributed by atoms with Gasteiger partial charge in [-0.2, -0.15) is 0 Å². The number of rotatable bonds is 4. The zero-order valence-electron chi connectivity index (χ0n) is 14.1. The van der Waals surface area contributed by atoms with Crippen LogP contribution in [0.2, 0.25) is 0 Å². The number of nitrogens with one attached hydrogen (secondary N) is 1. The van der Waals surface area contributed by atoms with Gasteiger partial charge in [0.15, 0.2) is 0 Å². The number of thioether (sulfide) groups is 1. The van der Waals surface area contributed by atoms with Crippen LogP contribution in [0.3, 0.4) is 0 Å². The van der Waals surface area contributed by atoms with Crippen molar-refractivity contribution in [2.75, 3.05) is 23.4 Å². The Hall–Kier alpha value is -1.99. The van der Waals surface area contributed by atoms with Gasteiger partial charge in [0.1, 0.15) is 0 Å². The van der Waals surface area contributed by atoms with Crippen molar-refractivity contribution in [1.82, 2.24) is 5.32 Å². The van der Waals surface area contributed by atoms with Crippen molar-refractivity contribution in [3.8, 4) is 0 Å². The van der Waals surface area contributed by atoms with Crippen LogP contribution in [-0.2, 0) is 10.0 Å². The third kappa shape index (κ3) is 3.82. The molecule has 5 nitrogen and oxygen atoms in total. The Bertz CT molecular complexity index is 897. The summed E-state index contributed by atoms with van der Waals surface area (Å²) < 4.78 is 24.8. The van der Waals surface area contributed by atoms with Crippen molar-refractivity contribution >= 4 is 33.4 Å². The maximum atomic E-state index is 12.8. The Balaban J connectivity index is 1.89. The highest BCUT2D eigenvalue weighted by molar-refractivity contribution is 7.99. The van der Waals surface area contributed by atoms with Crippen LogP contribution in [0.1, 0.15) is 28.4 Å². The van der Waals surface area contributed by atoms with E-state index in [2.05, 4.69) is 11.4 Å². The van der Waals surface area contributed by atoms with Crippen LogP contribution in [0.25, 0.3) is 0 Å². The SMILES string of the molecule is CN(c1ccccc1C(=O)NC1CCSc2ccccc21)S(C)(=O)=O. The molecule has 1 N–H and O–H groups in total. The fourth-order valence-electron chi connectivity index (χ4n) is 2.85. The molecule has 1 heterocycles. The fourth-order valence-corrected chi connectivity index (χ4v) is 4.49. The fraction of sp³-hybridized carbons (Fsp3) is 0.278. The van der Waals surface area contributed by atoms with Gasteiger partial charge >= 0.3 is 0 Å². The van der Waals surface area contributed by atoms with Crippen molar-refractivity contribution in [1.29, 1.82) is 0 Å². The summed E-state index contributed by atoms with van der Waals surface area (Å²) in [5.74, 6) is 0.671. The molecule has 1 unspecified atom stereocenters. The highest BCUT2D eigenvalue weighted by Crippen LogP contribution is 2.36. The first-order chi connectivity index (χ1) is 11.9. The summed E-state index contributed by atoms with van der Waals surface area (Å²) in [7, 11) is -1.99. The molecule has 25 heavy (non-hydrogen) atoms. The number of carbonyl (C=O) groups is 1. The molecule has 1 aliphatic rings. The number of anilines is 1. The lowest BCUT2D eigenvalue weighted by Gasteiger charge is -2.27. The first kappa shape index (κ1) is 17.8. The van der Waals surface area contributed by atoms with Crippen LogP contribution < -0.4 is 9.62 Å². The molecule has 0 fully saturated rings. The second-order valence-corrected chi connectivity index (χ2v) is 9.10. The molecule has 0 radical (unpaired) electrons. The smallest absolute Gasteiger partial charge is 0.253 e. The van der Waals surface area contributed by atoms with E-state index in [1.54, 1.807) is 36.0 Å². The van der Waals surface area contributed by atoms with Crippen LogP contribution in [0.15, 0.2) is 53.4 Å². The molecule has 0 bridgehead atoms. The van der Waals surface area contributed by atoms with Crippen molar-refractivity contribution in [2.45, 2.75) is 17.4 Å². The van der Waals surface area contributed by atoms with Gasteiger partial charge < -0.3 is 5.32 Å². The van der Waals surface area contributed by atoms with Crippen LogP contribution in [0.5, 0.6) is 0 Å². The summed E-state index contributed by atoms with van der Waals surface area (Å²) >= 11 is 1.79. The second kappa shape index (κ2) is 7.09. The lowest BCUT2D eigenvalue weighted by Crippen LogP contribution is -2.33. The second-order valence-electron chi connectivity index (χ2n) is 5.95. The number of sulfonamides is 1. The predicted molar refractivity (Wildman–Crippen MR) is 102 cm³/mol. The van der Waals surface area contributed by atoms with E-state index in [4.69, 9.17) is 0 Å². The molecule has 132 valence electrons. The van der Waals surface area contributed by atoms with Gasteiger partial charge in [-0.1, -0.05) is 30.3 Å². The number of fused-ring (bicyclic) bond motifs is 1. The van der Waals surface area contributed by atoms with E-state index in [9.17, 15) is 13.2 Å². The van der Waals surface area contributed by atoms with E-state index in [1.807, 2.05) is 18.2 Å². The number of carbonyl (C=O) groups excluding carboxylic acids is 1. The maximum absolute atomic E-state index is 12.8. The van der Waals surface area contributed by atoms with Crippen LogP contribution in [0, 0.1) is 0 Å². The average molecular weight is 377 g/mol. The molecule has 2 aromatic carbocycles. The number of hydrogen-bond acceptors (Lipinski definition) is 4. The Kier molecular flexibility index (Phi) is 5.06. The van der Waals surface area contributed by atoms with Crippen molar-refractivity contribution < 1.29 is 13.2 Å². The van der Waals surface area contributed by atoms with Crippen molar-refractivity contribution in [3.63, 3.8) is 0 Å². The van der Waals surface area contributed by atoms with Crippen molar-refractivity contribution in [3.05, 3.63) is 59.7 Å². The normalized spacial score (nSPS) is 16.8. The van der Waals surface area contributed by atoms with Gasteiger partial charge in [0.05, 0.1) is 23.5 Å². The maximum Gasteiger partial charge on any atom is 0.253 e. The Morgan fingerprint density at radius 1 is 1.16 bits per heavy atom. The number of hydrogen-bond donors (Lipinski definition) is 1. The number of amides is 1. The topological polar surface area (TPSA) is 66.5 Å². The number of para-hydroxylation sites is 1. The summed E-state index contributed by atoms with van der Waals surface area (Å²) in [6.07, 6.45) is 1.97. The van der Waals surface area contributed by atoms with E-state index < -0.39 is 10.0 Å². The first-order valence-electron chi connectivity index (χ1n) is 7.93. The molecule has 0 spiro atoms. The minimum atomic E-state index is -3.44. The highest BCUT2D eigenvalue weighted by Gasteiger charge is 2.25. The molecule has 0 aromatic heterocycles. The zero-order chi connectivity index (χ0) is 18.0. The molecule has 0 saturated carbocycles. The molecular formula is C18H20N2O3S2. The third-order valence-corrected chi connectivity index (χ3v) is 6.56. The van der Waals surface area contributed by atoms with Gasteiger partial charge in [-0.15, -0.1) is 11.8 Å². The van der Waals surface area contributed by atoms with Crippen molar-refractivity contribution in [2.24, 2.45) is 0 Å². The standard InChI is InChI=1S/C18H20N2O3S2/c1-20(25(2,22)23)16-9-5-3-8-14(16)18(21)19-15-11-12-24-17-10-6-4-7-13(15)17/h3-10,15H,11-12H2,1-2H3,(H,19,21).